The maximum atomic E-state index is 11.5. The van der Waals surface area contributed by atoms with Crippen molar-refractivity contribution in [3.63, 3.8) is 0 Å². The van der Waals surface area contributed by atoms with Crippen LogP contribution >= 0.6 is 0 Å². The maximum Gasteiger partial charge on any atom is 0.331 e. The Bertz CT molecular complexity index is 961. The second-order valence-electron chi connectivity index (χ2n) is 5.39. The van der Waals surface area contributed by atoms with Crippen LogP contribution in [0.5, 0.6) is 0 Å². The van der Waals surface area contributed by atoms with Crippen molar-refractivity contribution in [2.75, 3.05) is 13.2 Å². The number of rotatable bonds is 8. The van der Waals surface area contributed by atoms with Gasteiger partial charge in [-0.25, -0.2) is 19.2 Å². The monoisotopic (exact) mass is 392 g/mol. The first kappa shape index (κ1) is 20.4. The summed E-state index contributed by atoms with van der Waals surface area (Å²) in [6.45, 7) is -0.235. The standard InChI is InChI=1S/C16H16N4O8/c21-11-7-9(17-15(25)19-11)3-5-27-13(23)1-2-14(24)28-6-4-10-8-12(22)20-16(26)18-10/h1-2,7-8H,3-6H2,(H2,17,19,21,25)(H2,18,20,22,26)/b2-1+. The van der Waals surface area contributed by atoms with Crippen LogP contribution in [0, 0.1) is 0 Å². The summed E-state index contributed by atoms with van der Waals surface area (Å²) < 4.78 is 9.66. The molecular weight excluding hydrogens is 376 g/mol. The Labute approximate surface area is 155 Å². The summed E-state index contributed by atoms with van der Waals surface area (Å²) in [7, 11) is 0. The van der Waals surface area contributed by atoms with E-state index < -0.39 is 34.4 Å². The van der Waals surface area contributed by atoms with Crippen LogP contribution in [0.3, 0.4) is 0 Å². The smallest absolute Gasteiger partial charge is 0.331 e. The third-order valence-corrected chi connectivity index (χ3v) is 3.22. The number of carbonyl (C=O) groups is 2. The largest absolute Gasteiger partial charge is 0.462 e. The van der Waals surface area contributed by atoms with Gasteiger partial charge in [-0.3, -0.25) is 19.6 Å². The van der Waals surface area contributed by atoms with Gasteiger partial charge < -0.3 is 19.4 Å². The molecule has 0 aromatic carbocycles. The van der Waals surface area contributed by atoms with Crippen molar-refractivity contribution in [2.24, 2.45) is 0 Å². The van der Waals surface area contributed by atoms with Gasteiger partial charge in [0.25, 0.3) is 11.1 Å². The number of hydrogen-bond acceptors (Lipinski definition) is 8. The lowest BCUT2D eigenvalue weighted by Gasteiger charge is -2.03. The van der Waals surface area contributed by atoms with Crippen LogP contribution in [0.1, 0.15) is 11.4 Å². The molecule has 12 nitrogen and oxygen atoms in total. The minimum atomic E-state index is -0.817. The Morgan fingerprint density at radius 2 is 1.11 bits per heavy atom. The molecule has 0 aliphatic heterocycles. The molecule has 2 aromatic rings. The van der Waals surface area contributed by atoms with Crippen LogP contribution in [0.2, 0.25) is 0 Å². The molecule has 0 aliphatic rings. The van der Waals surface area contributed by atoms with Gasteiger partial charge in [0.05, 0.1) is 13.2 Å². The van der Waals surface area contributed by atoms with Gasteiger partial charge in [0, 0.05) is 48.5 Å². The summed E-state index contributed by atoms with van der Waals surface area (Å²) in [6, 6.07) is 2.33. The van der Waals surface area contributed by atoms with Gasteiger partial charge in [-0.05, 0) is 0 Å². The minimum Gasteiger partial charge on any atom is -0.462 e. The van der Waals surface area contributed by atoms with Crippen molar-refractivity contribution in [2.45, 2.75) is 12.8 Å². The highest BCUT2D eigenvalue weighted by Gasteiger charge is 2.04. The second kappa shape index (κ2) is 9.66. The van der Waals surface area contributed by atoms with E-state index in [4.69, 9.17) is 9.47 Å². The number of ether oxygens (including phenoxy) is 2. The van der Waals surface area contributed by atoms with Gasteiger partial charge in [0.1, 0.15) is 0 Å². The molecule has 2 aromatic heterocycles. The summed E-state index contributed by atoms with van der Waals surface area (Å²) in [5.41, 5.74) is -1.89. The van der Waals surface area contributed by atoms with Crippen molar-refractivity contribution in [1.82, 2.24) is 19.9 Å². The zero-order valence-electron chi connectivity index (χ0n) is 14.4. The van der Waals surface area contributed by atoms with Crippen molar-refractivity contribution in [3.8, 4) is 0 Å². The normalized spacial score (nSPS) is 10.7. The third-order valence-electron chi connectivity index (χ3n) is 3.22. The fourth-order valence-corrected chi connectivity index (χ4v) is 2.06. The molecule has 0 aliphatic carbocycles. The summed E-state index contributed by atoms with van der Waals surface area (Å²) in [5.74, 6) is -1.63. The lowest BCUT2D eigenvalue weighted by Crippen LogP contribution is -2.23. The fraction of sp³-hybridized carbons (Fsp3) is 0.250. The van der Waals surface area contributed by atoms with Crippen LogP contribution in [-0.2, 0) is 31.9 Å². The van der Waals surface area contributed by atoms with E-state index in [0.717, 1.165) is 24.3 Å². The van der Waals surface area contributed by atoms with Crippen LogP contribution in [0.15, 0.2) is 43.5 Å². The molecule has 0 saturated heterocycles. The molecule has 12 heteroatoms. The minimum absolute atomic E-state index is 0.109. The third kappa shape index (κ3) is 7.11. The van der Waals surface area contributed by atoms with Crippen molar-refractivity contribution < 1.29 is 19.1 Å². The zero-order chi connectivity index (χ0) is 20.5. The van der Waals surface area contributed by atoms with Crippen LogP contribution < -0.4 is 22.5 Å². The average molecular weight is 392 g/mol. The lowest BCUT2D eigenvalue weighted by atomic mass is 10.3. The van der Waals surface area contributed by atoms with Gasteiger partial charge in [0.2, 0.25) is 0 Å². The fourth-order valence-electron chi connectivity index (χ4n) is 2.06. The summed E-state index contributed by atoms with van der Waals surface area (Å²) in [5, 5.41) is 0. The highest BCUT2D eigenvalue weighted by Crippen LogP contribution is 1.93. The van der Waals surface area contributed by atoms with E-state index >= 15 is 0 Å². The molecule has 148 valence electrons. The van der Waals surface area contributed by atoms with E-state index in [1.807, 2.05) is 9.97 Å². The first-order valence-corrected chi connectivity index (χ1v) is 7.98. The van der Waals surface area contributed by atoms with Gasteiger partial charge in [0.15, 0.2) is 0 Å². The SMILES string of the molecule is O=C(/C=C/C(=O)OCCc1cc(=O)[nH]c(=O)[nH]1)OCCc1cc(=O)[nH]c(=O)[nH]1. The quantitative estimate of drug-likeness (QED) is 0.290. The first-order chi connectivity index (χ1) is 13.3. The van der Waals surface area contributed by atoms with E-state index in [-0.39, 0.29) is 26.1 Å². The van der Waals surface area contributed by atoms with E-state index in [1.165, 1.54) is 0 Å². The molecule has 0 atom stereocenters. The van der Waals surface area contributed by atoms with E-state index in [9.17, 15) is 28.8 Å². The molecule has 2 rings (SSSR count). The number of aromatic amines is 4. The Hall–Kier alpha value is -3.96. The lowest BCUT2D eigenvalue weighted by molar-refractivity contribution is -0.140. The summed E-state index contributed by atoms with van der Waals surface area (Å²) >= 11 is 0. The first-order valence-electron chi connectivity index (χ1n) is 7.98. The maximum absolute atomic E-state index is 11.5. The van der Waals surface area contributed by atoms with Gasteiger partial charge in [-0.2, -0.15) is 0 Å². The second-order valence-corrected chi connectivity index (χ2v) is 5.39. The van der Waals surface area contributed by atoms with E-state index in [1.54, 1.807) is 0 Å². The Morgan fingerprint density at radius 1 is 0.714 bits per heavy atom. The van der Waals surface area contributed by atoms with Crippen molar-refractivity contribution in [1.29, 1.82) is 0 Å². The van der Waals surface area contributed by atoms with Gasteiger partial charge in [-0.15, -0.1) is 0 Å². The molecule has 0 unspecified atom stereocenters. The summed E-state index contributed by atoms with van der Waals surface area (Å²) in [6.07, 6.45) is 1.94. The number of H-pyrrole nitrogens is 4. The molecule has 0 radical (unpaired) electrons. The van der Waals surface area contributed by atoms with Crippen molar-refractivity contribution >= 4 is 11.9 Å². The molecule has 0 spiro atoms. The van der Waals surface area contributed by atoms with Crippen LogP contribution in [-0.4, -0.2) is 45.1 Å². The van der Waals surface area contributed by atoms with Gasteiger partial charge >= 0.3 is 23.3 Å². The molecule has 28 heavy (non-hydrogen) atoms. The predicted octanol–water partition coefficient (Wildman–Crippen LogP) is -2.13. The molecular formula is C16H16N4O8. The summed E-state index contributed by atoms with van der Waals surface area (Å²) in [4.78, 5) is 76.2. The molecule has 0 saturated carbocycles. The number of carbonyl (C=O) groups excluding carboxylic acids is 2. The van der Waals surface area contributed by atoms with Crippen molar-refractivity contribution in [3.05, 3.63) is 77.3 Å². The highest BCUT2D eigenvalue weighted by atomic mass is 16.5. The highest BCUT2D eigenvalue weighted by molar-refractivity contribution is 5.91. The van der Waals surface area contributed by atoms with Gasteiger partial charge in [-0.1, -0.05) is 0 Å². The molecule has 0 amide bonds. The number of hydrogen-bond donors (Lipinski definition) is 4. The average Bonchev–Trinajstić information content (AvgIpc) is 2.58. The van der Waals surface area contributed by atoms with Crippen LogP contribution in [0.4, 0.5) is 0 Å². The Kier molecular flexibility index (Phi) is 7.02. The number of nitrogens with one attached hydrogen (secondary N) is 4. The Balaban J connectivity index is 1.71. The van der Waals surface area contributed by atoms with Crippen LogP contribution in [0.25, 0.3) is 0 Å². The van der Waals surface area contributed by atoms with E-state index in [0.29, 0.717) is 11.4 Å². The topological polar surface area (TPSA) is 184 Å². The number of esters is 2. The molecule has 2 heterocycles. The molecule has 0 bridgehead atoms. The molecule has 0 fully saturated rings. The number of aromatic nitrogens is 4. The Morgan fingerprint density at radius 3 is 1.46 bits per heavy atom. The molecule has 4 N–H and O–H groups in total. The van der Waals surface area contributed by atoms with E-state index in [2.05, 4.69) is 9.97 Å². The predicted molar refractivity (Wildman–Crippen MR) is 93.8 cm³/mol. The zero-order valence-corrected chi connectivity index (χ0v) is 14.4.